The maximum Gasteiger partial charge on any atom is 0.418 e. The first kappa shape index (κ1) is 23.0. The third-order valence-electron chi connectivity index (χ3n) is 5.12. The Balaban J connectivity index is 1.67. The third-order valence-corrected chi connectivity index (χ3v) is 6.33. The molecule has 2 aromatic carbocycles. The summed E-state index contributed by atoms with van der Waals surface area (Å²) in [7, 11) is 0. The van der Waals surface area contributed by atoms with Crippen molar-refractivity contribution in [3.05, 3.63) is 65.5 Å². The minimum absolute atomic E-state index is 0.290. The number of benzene rings is 2. The van der Waals surface area contributed by atoms with Crippen molar-refractivity contribution in [2.75, 3.05) is 17.3 Å². The first-order chi connectivity index (χ1) is 15.8. The lowest BCUT2D eigenvalue weighted by Gasteiger charge is -2.33. The molecule has 1 aliphatic rings. The summed E-state index contributed by atoms with van der Waals surface area (Å²) in [5.41, 5.74) is 2.86. The molecule has 0 saturated heterocycles. The SMILES string of the molecule is CCOc1ccc([C@H]2Nn3c(CC)nnc3S[C@H]2C(=O)Nc2ccccc2C(F)(F)F)cc1. The molecule has 1 aromatic heterocycles. The second kappa shape index (κ2) is 9.34. The normalized spacial score (nSPS) is 17.7. The molecule has 11 heteroatoms. The predicted molar refractivity (Wildman–Crippen MR) is 119 cm³/mol. The molecule has 0 unspecified atom stereocenters. The molecule has 0 saturated carbocycles. The van der Waals surface area contributed by atoms with E-state index in [1.807, 2.05) is 26.0 Å². The molecule has 2 N–H and O–H groups in total. The van der Waals surface area contributed by atoms with E-state index < -0.39 is 28.9 Å². The summed E-state index contributed by atoms with van der Waals surface area (Å²) in [4.78, 5) is 13.3. The van der Waals surface area contributed by atoms with Crippen LogP contribution >= 0.6 is 11.8 Å². The number of amides is 1. The van der Waals surface area contributed by atoms with Crippen LogP contribution in [0, 0.1) is 0 Å². The van der Waals surface area contributed by atoms with Gasteiger partial charge < -0.3 is 15.5 Å². The smallest absolute Gasteiger partial charge is 0.418 e. The van der Waals surface area contributed by atoms with Gasteiger partial charge in [-0.25, -0.2) is 4.68 Å². The van der Waals surface area contributed by atoms with Crippen molar-refractivity contribution >= 4 is 23.4 Å². The number of para-hydroxylation sites is 1. The van der Waals surface area contributed by atoms with Gasteiger partial charge in [-0.2, -0.15) is 13.2 Å². The number of fused-ring (bicyclic) bond motifs is 1. The lowest BCUT2D eigenvalue weighted by molar-refractivity contribution is -0.137. The average Bonchev–Trinajstić information content (AvgIpc) is 3.21. The number of carbonyl (C=O) groups is 1. The number of nitrogens with one attached hydrogen (secondary N) is 2. The number of aryl methyl sites for hydroxylation is 1. The van der Waals surface area contributed by atoms with Gasteiger partial charge in [0.25, 0.3) is 0 Å². The van der Waals surface area contributed by atoms with Crippen molar-refractivity contribution in [1.82, 2.24) is 14.9 Å². The van der Waals surface area contributed by atoms with E-state index >= 15 is 0 Å². The molecule has 1 amide bonds. The lowest BCUT2D eigenvalue weighted by atomic mass is 10.0. The Kier molecular flexibility index (Phi) is 6.50. The Bertz CT molecular complexity index is 1130. The van der Waals surface area contributed by atoms with Crippen LogP contribution in [0.2, 0.25) is 0 Å². The number of carbonyl (C=O) groups excluding carboxylic acids is 1. The number of hydrogen-bond donors (Lipinski definition) is 2. The van der Waals surface area contributed by atoms with Crippen molar-refractivity contribution in [1.29, 1.82) is 0 Å². The summed E-state index contributed by atoms with van der Waals surface area (Å²) in [6.45, 7) is 4.33. The number of nitrogens with zero attached hydrogens (tertiary/aromatic N) is 3. The van der Waals surface area contributed by atoms with Crippen molar-refractivity contribution in [3.8, 4) is 5.75 Å². The lowest BCUT2D eigenvalue weighted by Crippen LogP contribution is -2.41. The molecule has 2 heterocycles. The highest BCUT2D eigenvalue weighted by Crippen LogP contribution is 2.39. The Labute approximate surface area is 192 Å². The van der Waals surface area contributed by atoms with Gasteiger partial charge in [-0.05, 0) is 36.8 Å². The predicted octanol–water partition coefficient (Wildman–Crippen LogP) is 4.66. The van der Waals surface area contributed by atoms with Crippen LogP contribution in [0.1, 0.15) is 36.8 Å². The zero-order valence-corrected chi connectivity index (χ0v) is 18.7. The van der Waals surface area contributed by atoms with Crippen molar-refractivity contribution in [2.45, 2.75) is 42.9 Å². The largest absolute Gasteiger partial charge is 0.494 e. The monoisotopic (exact) mass is 477 g/mol. The Hall–Kier alpha value is -3.21. The number of anilines is 1. The first-order valence-corrected chi connectivity index (χ1v) is 11.3. The van der Waals surface area contributed by atoms with Crippen LogP contribution in [0.25, 0.3) is 0 Å². The van der Waals surface area contributed by atoms with Gasteiger partial charge in [-0.1, -0.05) is 43.0 Å². The maximum atomic E-state index is 13.4. The van der Waals surface area contributed by atoms with Crippen LogP contribution in [-0.4, -0.2) is 32.6 Å². The number of hydrogen-bond acceptors (Lipinski definition) is 6. The zero-order valence-electron chi connectivity index (χ0n) is 17.9. The fraction of sp³-hybridized carbons (Fsp3) is 0.318. The second-order valence-corrected chi connectivity index (χ2v) is 8.38. The molecule has 3 aromatic rings. The summed E-state index contributed by atoms with van der Waals surface area (Å²) >= 11 is 1.15. The van der Waals surface area contributed by atoms with Gasteiger partial charge in [0.15, 0.2) is 5.82 Å². The number of halogens is 3. The molecule has 0 bridgehead atoms. The first-order valence-electron chi connectivity index (χ1n) is 10.4. The molecule has 0 aliphatic carbocycles. The van der Waals surface area contributed by atoms with Crippen molar-refractivity contribution in [2.24, 2.45) is 0 Å². The van der Waals surface area contributed by atoms with Crippen LogP contribution in [-0.2, 0) is 17.4 Å². The number of thioether (sulfide) groups is 1. The molecule has 2 atom stereocenters. The molecular weight excluding hydrogens is 455 g/mol. The van der Waals surface area contributed by atoms with Gasteiger partial charge in [0.2, 0.25) is 11.1 Å². The Morgan fingerprint density at radius 1 is 1.15 bits per heavy atom. The molecule has 1 aliphatic heterocycles. The number of aromatic nitrogens is 3. The van der Waals surface area contributed by atoms with Gasteiger partial charge in [0, 0.05) is 6.42 Å². The maximum absolute atomic E-state index is 13.4. The van der Waals surface area contributed by atoms with Crippen LogP contribution in [0.3, 0.4) is 0 Å². The topological polar surface area (TPSA) is 81.1 Å². The third kappa shape index (κ3) is 4.77. The van der Waals surface area contributed by atoms with E-state index in [0.717, 1.165) is 23.4 Å². The van der Waals surface area contributed by atoms with E-state index in [4.69, 9.17) is 4.74 Å². The van der Waals surface area contributed by atoms with Crippen LogP contribution in [0.5, 0.6) is 5.75 Å². The molecule has 0 radical (unpaired) electrons. The summed E-state index contributed by atoms with van der Waals surface area (Å²) in [6.07, 6.45) is -3.97. The van der Waals surface area contributed by atoms with Gasteiger partial charge >= 0.3 is 6.18 Å². The van der Waals surface area contributed by atoms with E-state index in [9.17, 15) is 18.0 Å². The average molecular weight is 478 g/mol. The summed E-state index contributed by atoms with van der Waals surface area (Å²) in [5, 5.41) is 10.4. The molecule has 7 nitrogen and oxygen atoms in total. The molecule has 4 rings (SSSR count). The van der Waals surface area contributed by atoms with Gasteiger partial charge in [0.05, 0.1) is 23.9 Å². The number of rotatable bonds is 6. The van der Waals surface area contributed by atoms with E-state index in [-0.39, 0.29) is 5.69 Å². The van der Waals surface area contributed by atoms with E-state index in [0.29, 0.717) is 29.8 Å². The van der Waals surface area contributed by atoms with E-state index in [2.05, 4.69) is 20.9 Å². The van der Waals surface area contributed by atoms with Crippen molar-refractivity contribution in [3.63, 3.8) is 0 Å². The van der Waals surface area contributed by atoms with Crippen LogP contribution in [0.15, 0.2) is 53.7 Å². The number of ether oxygens (including phenoxy) is 1. The quantitative estimate of drug-likeness (QED) is 0.538. The summed E-state index contributed by atoms with van der Waals surface area (Å²) in [5.74, 6) is 0.800. The molecule has 0 spiro atoms. The Morgan fingerprint density at radius 2 is 1.88 bits per heavy atom. The molecule has 174 valence electrons. The van der Waals surface area contributed by atoms with E-state index in [1.165, 1.54) is 18.2 Å². The van der Waals surface area contributed by atoms with E-state index in [1.54, 1.807) is 16.8 Å². The fourth-order valence-corrected chi connectivity index (χ4v) is 4.66. The van der Waals surface area contributed by atoms with Crippen LogP contribution in [0.4, 0.5) is 18.9 Å². The van der Waals surface area contributed by atoms with Crippen molar-refractivity contribution < 1.29 is 22.7 Å². The van der Waals surface area contributed by atoms with Gasteiger partial charge in [-0.15, -0.1) is 10.2 Å². The second-order valence-electron chi connectivity index (χ2n) is 7.27. The fourth-order valence-electron chi connectivity index (χ4n) is 3.56. The molecule has 33 heavy (non-hydrogen) atoms. The number of alkyl halides is 3. The Morgan fingerprint density at radius 3 is 2.55 bits per heavy atom. The molecular formula is C22H22F3N5O2S. The minimum atomic E-state index is -4.59. The van der Waals surface area contributed by atoms with Gasteiger partial charge in [-0.3, -0.25) is 4.79 Å². The summed E-state index contributed by atoms with van der Waals surface area (Å²) < 4.78 is 47.5. The standard InChI is InChI=1S/C22H22F3N5O2S/c1-3-17-27-28-21-30(17)29-18(13-9-11-14(12-10-13)32-4-2)19(33-21)20(31)26-16-8-6-5-7-15(16)22(23,24)25/h5-12,18-19,29H,3-4H2,1-2H3,(H,26,31)/t18-,19-/m1/s1. The highest BCUT2D eigenvalue weighted by atomic mass is 32.2. The summed E-state index contributed by atoms with van der Waals surface area (Å²) in [6, 6.07) is 11.6. The van der Waals surface area contributed by atoms with Gasteiger partial charge in [0.1, 0.15) is 11.0 Å². The van der Waals surface area contributed by atoms with Crippen LogP contribution < -0.4 is 15.5 Å². The zero-order chi connectivity index (χ0) is 23.6. The highest BCUT2D eigenvalue weighted by molar-refractivity contribution is 8.00. The highest BCUT2D eigenvalue weighted by Gasteiger charge is 2.39. The minimum Gasteiger partial charge on any atom is -0.494 e. The molecule has 0 fully saturated rings.